The van der Waals surface area contributed by atoms with E-state index in [0.29, 0.717) is 5.56 Å². The summed E-state index contributed by atoms with van der Waals surface area (Å²) < 4.78 is 0. The molecule has 0 spiro atoms. The third kappa shape index (κ3) is 4.72. The first-order chi connectivity index (χ1) is 9.41. The second-order valence-electron chi connectivity index (χ2n) is 4.48. The summed E-state index contributed by atoms with van der Waals surface area (Å²) in [4.78, 5) is 35.1. The molecule has 2 amide bonds. The first kappa shape index (κ1) is 15.7. The molecule has 0 saturated carbocycles. The maximum absolute atomic E-state index is 11.6. The molecule has 0 radical (unpaired) electrons. The first-order valence-corrected chi connectivity index (χ1v) is 6.18. The van der Waals surface area contributed by atoms with Gasteiger partial charge >= 0.3 is 5.97 Å². The summed E-state index contributed by atoms with van der Waals surface area (Å²) in [5.74, 6) is -2.41. The predicted octanol–water partition coefficient (Wildman–Crippen LogP) is 0.449. The van der Waals surface area contributed by atoms with E-state index in [1.54, 1.807) is 30.3 Å². The van der Waals surface area contributed by atoms with E-state index in [1.807, 2.05) is 0 Å². The van der Waals surface area contributed by atoms with Gasteiger partial charge in [0, 0.05) is 20.5 Å². The van der Waals surface area contributed by atoms with E-state index in [1.165, 1.54) is 18.9 Å². The van der Waals surface area contributed by atoms with Crippen LogP contribution in [0.4, 0.5) is 0 Å². The quantitative estimate of drug-likeness (QED) is 0.791. The number of nitrogens with one attached hydrogen (secondary N) is 1. The van der Waals surface area contributed by atoms with Gasteiger partial charge in [0.2, 0.25) is 11.8 Å². The molecule has 0 bridgehead atoms. The van der Waals surface area contributed by atoms with Crippen LogP contribution in [0.15, 0.2) is 30.3 Å². The average Bonchev–Trinajstić information content (AvgIpc) is 2.39. The van der Waals surface area contributed by atoms with Gasteiger partial charge in [-0.25, -0.2) is 0 Å². The Kier molecular flexibility index (Phi) is 5.71. The first-order valence-electron chi connectivity index (χ1n) is 6.18. The second-order valence-corrected chi connectivity index (χ2v) is 4.48. The number of hydrogen-bond donors (Lipinski definition) is 2. The van der Waals surface area contributed by atoms with Crippen LogP contribution in [0.3, 0.4) is 0 Å². The van der Waals surface area contributed by atoms with Gasteiger partial charge in [-0.2, -0.15) is 0 Å². The summed E-state index contributed by atoms with van der Waals surface area (Å²) >= 11 is 0. The molecule has 108 valence electrons. The van der Waals surface area contributed by atoms with Gasteiger partial charge in [-0.05, 0) is 5.56 Å². The number of nitrogens with zero attached hydrogens (tertiary/aromatic N) is 1. The van der Waals surface area contributed by atoms with Crippen LogP contribution in [0.5, 0.6) is 0 Å². The van der Waals surface area contributed by atoms with E-state index < -0.39 is 11.9 Å². The van der Waals surface area contributed by atoms with E-state index in [9.17, 15) is 19.5 Å². The van der Waals surface area contributed by atoms with E-state index in [-0.39, 0.29) is 24.9 Å². The molecule has 20 heavy (non-hydrogen) atoms. The zero-order valence-corrected chi connectivity index (χ0v) is 11.5. The molecular weight excluding hydrogens is 260 g/mol. The minimum Gasteiger partial charge on any atom is -0.481 e. The van der Waals surface area contributed by atoms with Crippen LogP contribution in [0, 0.1) is 0 Å². The Bertz CT molecular complexity index is 487. The molecule has 6 nitrogen and oxygen atoms in total. The van der Waals surface area contributed by atoms with Crippen molar-refractivity contribution < 1.29 is 19.5 Å². The van der Waals surface area contributed by atoms with E-state index in [4.69, 9.17) is 0 Å². The molecule has 1 aromatic rings. The molecular formula is C14H18N2O4. The maximum atomic E-state index is 11.6. The highest BCUT2D eigenvalue weighted by Crippen LogP contribution is 2.14. The highest BCUT2D eigenvalue weighted by Gasteiger charge is 2.20. The summed E-state index contributed by atoms with van der Waals surface area (Å²) in [6, 6.07) is 8.69. The number of carbonyl (C=O) groups excluding carboxylic acids is 2. The van der Waals surface area contributed by atoms with Gasteiger partial charge in [-0.3, -0.25) is 14.4 Å². The molecule has 0 heterocycles. The van der Waals surface area contributed by atoms with Crippen molar-refractivity contribution >= 4 is 17.8 Å². The molecule has 0 aliphatic rings. The molecule has 0 aliphatic carbocycles. The monoisotopic (exact) mass is 278 g/mol. The lowest BCUT2D eigenvalue weighted by molar-refractivity contribution is -0.139. The lowest BCUT2D eigenvalue weighted by Crippen LogP contribution is -2.39. The SMILES string of the molecule is CC(=O)N(C)CC(=O)NCC(C(=O)O)c1ccccc1. The summed E-state index contributed by atoms with van der Waals surface area (Å²) in [6.45, 7) is 1.26. The standard InChI is InChI=1S/C14H18N2O4/c1-10(17)16(2)9-13(18)15-8-12(14(19)20)11-6-4-3-5-7-11/h3-7,12H,8-9H2,1-2H3,(H,15,18)(H,19,20). The lowest BCUT2D eigenvalue weighted by Gasteiger charge is -2.17. The van der Waals surface area contributed by atoms with Gasteiger partial charge in [0.05, 0.1) is 12.5 Å². The third-order valence-electron chi connectivity index (χ3n) is 2.92. The van der Waals surface area contributed by atoms with Crippen molar-refractivity contribution in [2.24, 2.45) is 0 Å². The Hall–Kier alpha value is -2.37. The van der Waals surface area contributed by atoms with Crippen LogP contribution in [-0.4, -0.2) is 47.9 Å². The van der Waals surface area contributed by atoms with Gasteiger partial charge < -0.3 is 15.3 Å². The zero-order valence-electron chi connectivity index (χ0n) is 11.5. The fraction of sp³-hybridized carbons (Fsp3) is 0.357. The molecule has 1 aromatic carbocycles. The van der Waals surface area contributed by atoms with Crippen molar-refractivity contribution in [3.8, 4) is 0 Å². The van der Waals surface area contributed by atoms with Crippen molar-refractivity contribution in [2.45, 2.75) is 12.8 Å². The van der Waals surface area contributed by atoms with Crippen molar-refractivity contribution in [2.75, 3.05) is 20.1 Å². The van der Waals surface area contributed by atoms with Crippen molar-refractivity contribution in [3.63, 3.8) is 0 Å². The molecule has 0 saturated heterocycles. The minimum absolute atomic E-state index is 0.01000. The summed E-state index contributed by atoms with van der Waals surface area (Å²) in [6.07, 6.45) is 0. The summed E-state index contributed by atoms with van der Waals surface area (Å²) in [7, 11) is 1.51. The van der Waals surface area contributed by atoms with Crippen LogP contribution in [-0.2, 0) is 14.4 Å². The van der Waals surface area contributed by atoms with Gasteiger partial charge in [-0.15, -0.1) is 0 Å². The van der Waals surface area contributed by atoms with Crippen LogP contribution in [0.1, 0.15) is 18.4 Å². The number of likely N-dealkylation sites (N-methyl/N-ethyl adjacent to an activating group) is 1. The Morgan fingerprint density at radius 3 is 2.35 bits per heavy atom. The molecule has 1 rings (SSSR count). The van der Waals surface area contributed by atoms with Gasteiger partial charge in [0.25, 0.3) is 0 Å². The molecule has 0 aliphatic heterocycles. The minimum atomic E-state index is -1.00. The van der Waals surface area contributed by atoms with E-state index >= 15 is 0 Å². The highest BCUT2D eigenvalue weighted by molar-refractivity contribution is 5.84. The number of aliphatic carboxylic acids is 1. The smallest absolute Gasteiger partial charge is 0.312 e. The number of amides is 2. The summed E-state index contributed by atoms with van der Waals surface area (Å²) in [5, 5.41) is 11.7. The Morgan fingerprint density at radius 2 is 1.85 bits per heavy atom. The number of benzene rings is 1. The predicted molar refractivity (Wildman–Crippen MR) is 73.1 cm³/mol. The fourth-order valence-corrected chi connectivity index (χ4v) is 1.63. The molecule has 2 N–H and O–H groups in total. The number of rotatable bonds is 6. The van der Waals surface area contributed by atoms with Crippen molar-refractivity contribution in [1.29, 1.82) is 0 Å². The molecule has 1 atom stereocenters. The lowest BCUT2D eigenvalue weighted by atomic mass is 9.99. The maximum Gasteiger partial charge on any atom is 0.312 e. The Labute approximate surface area is 117 Å². The van der Waals surface area contributed by atoms with Crippen molar-refractivity contribution in [3.05, 3.63) is 35.9 Å². The highest BCUT2D eigenvalue weighted by atomic mass is 16.4. The second kappa shape index (κ2) is 7.28. The van der Waals surface area contributed by atoms with E-state index in [2.05, 4.69) is 5.32 Å². The Morgan fingerprint density at radius 1 is 1.25 bits per heavy atom. The molecule has 0 fully saturated rings. The van der Waals surface area contributed by atoms with Crippen molar-refractivity contribution in [1.82, 2.24) is 10.2 Å². The number of carbonyl (C=O) groups is 3. The number of carboxylic acids is 1. The van der Waals surface area contributed by atoms with Crippen LogP contribution >= 0.6 is 0 Å². The Balaban J connectivity index is 2.59. The molecule has 6 heteroatoms. The van der Waals surface area contributed by atoms with Crippen LogP contribution < -0.4 is 5.32 Å². The topological polar surface area (TPSA) is 86.7 Å². The number of hydrogen-bond acceptors (Lipinski definition) is 3. The third-order valence-corrected chi connectivity index (χ3v) is 2.92. The van der Waals surface area contributed by atoms with Gasteiger partial charge in [-0.1, -0.05) is 30.3 Å². The molecule has 0 aromatic heterocycles. The average molecular weight is 278 g/mol. The molecule has 1 unspecified atom stereocenters. The number of carboxylic acid groups (broad SMARTS) is 1. The zero-order chi connectivity index (χ0) is 15.1. The van der Waals surface area contributed by atoms with Crippen LogP contribution in [0.25, 0.3) is 0 Å². The van der Waals surface area contributed by atoms with E-state index in [0.717, 1.165) is 0 Å². The van der Waals surface area contributed by atoms with Gasteiger partial charge in [0.1, 0.15) is 0 Å². The normalized spacial score (nSPS) is 11.5. The van der Waals surface area contributed by atoms with Gasteiger partial charge in [0.15, 0.2) is 0 Å². The summed E-state index contributed by atoms with van der Waals surface area (Å²) in [5.41, 5.74) is 0.625. The fourth-order valence-electron chi connectivity index (χ4n) is 1.63. The van der Waals surface area contributed by atoms with Crippen LogP contribution in [0.2, 0.25) is 0 Å². The largest absolute Gasteiger partial charge is 0.481 e.